The Labute approximate surface area is 245 Å². The Morgan fingerprint density at radius 2 is 0.700 bits per heavy atom. The van der Waals surface area contributed by atoms with E-state index in [1.165, 1.54) is 66.8 Å². The second kappa shape index (κ2) is 16.3. The van der Waals surface area contributed by atoms with Crippen LogP contribution < -0.4 is 0 Å². The highest BCUT2D eigenvalue weighted by Crippen LogP contribution is 2.21. The molecule has 0 spiro atoms. The zero-order valence-corrected chi connectivity index (χ0v) is 26.4. The molecule has 0 nitrogen and oxygen atoms in total. The summed E-state index contributed by atoms with van der Waals surface area (Å²) in [6.07, 6.45) is 30.1. The van der Waals surface area contributed by atoms with E-state index in [2.05, 4.69) is 179 Å². The first-order valence-electron chi connectivity index (χ1n) is 14.2. The van der Waals surface area contributed by atoms with Gasteiger partial charge in [0.05, 0.1) is 0 Å². The molecule has 0 heteroatoms. The Hall–Kier alpha value is -3.90. The summed E-state index contributed by atoms with van der Waals surface area (Å²) in [6, 6.07) is 8.78. The molecule has 0 amide bonds. The first-order valence-corrected chi connectivity index (χ1v) is 14.2. The number of hydrogen-bond acceptors (Lipinski definition) is 0. The normalized spacial score (nSPS) is 14.3. The standard InChI is InChI=1S/C40H48/c1-29(17-13-19-31(3)21-27-39-35(7)25-23-33(5)37(39)9)15-11-12-16-30(2)18-14-20-32(4)22-28-40-36(8)26-24-34(6)38(40)10/h11-28H,1-10H3/b12-11+,17-13+,18-14+,27-21-,28-22-,29-15+,30-16+,31-19+,32-20+. The average molecular weight is 529 g/mol. The lowest BCUT2D eigenvalue weighted by atomic mass is 9.97. The molecule has 0 aliphatic carbocycles. The average Bonchev–Trinajstić information content (AvgIpc) is 2.91. The van der Waals surface area contributed by atoms with Crippen molar-refractivity contribution in [3.05, 3.63) is 164 Å². The van der Waals surface area contributed by atoms with Crippen molar-refractivity contribution in [1.82, 2.24) is 0 Å². The van der Waals surface area contributed by atoms with Crippen LogP contribution in [0.2, 0.25) is 0 Å². The van der Waals surface area contributed by atoms with E-state index in [4.69, 9.17) is 0 Å². The minimum Gasteiger partial charge on any atom is -0.0620 e. The van der Waals surface area contributed by atoms with Crippen LogP contribution in [0.3, 0.4) is 0 Å². The van der Waals surface area contributed by atoms with E-state index in [1.807, 2.05) is 0 Å². The summed E-state index contributed by atoms with van der Waals surface area (Å²) in [5.74, 6) is 0. The summed E-state index contributed by atoms with van der Waals surface area (Å²) in [5.41, 5.74) is 15.5. The van der Waals surface area contributed by atoms with Gasteiger partial charge in [-0.15, -0.1) is 0 Å². The van der Waals surface area contributed by atoms with Crippen molar-refractivity contribution < 1.29 is 0 Å². The van der Waals surface area contributed by atoms with Crippen molar-refractivity contribution in [3.8, 4) is 0 Å². The Kier molecular flexibility index (Phi) is 13.1. The molecule has 0 fully saturated rings. The van der Waals surface area contributed by atoms with Crippen molar-refractivity contribution >= 4 is 12.2 Å². The monoisotopic (exact) mass is 528 g/mol. The van der Waals surface area contributed by atoms with Gasteiger partial charge in [-0.05, 0) is 114 Å². The highest BCUT2D eigenvalue weighted by atomic mass is 14.1. The van der Waals surface area contributed by atoms with Crippen LogP contribution in [0.15, 0.2) is 119 Å². The maximum absolute atomic E-state index is 2.23. The molecule has 0 saturated carbocycles. The van der Waals surface area contributed by atoms with Crippen molar-refractivity contribution in [3.63, 3.8) is 0 Å². The quantitative estimate of drug-likeness (QED) is 0.269. The van der Waals surface area contributed by atoms with Gasteiger partial charge in [0.15, 0.2) is 0 Å². The molecule has 0 bridgehead atoms. The summed E-state index contributed by atoms with van der Waals surface area (Å²) in [6.45, 7) is 21.6. The fourth-order valence-corrected chi connectivity index (χ4v) is 4.23. The molecule has 208 valence electrons. The summed E-state index contributed by atoms with van der Waals surface area (Å²) in [7, 11) is 0. The molecule has 40 heavy (non-hydrogen) atoms. The second-order valence-electron chi connectivity index (χ2n) is 10.9. The van der Waals surface area contributed by atoms with E-state index in [0.29, 0.717) is 0 Å². The fourth-order valence-electron chi connectivity index (χ4n) is 4.23. The van der Waals surface area contributed by atoms with Gasteiger partial charge in [0.1, 0.15) is 0 Å². The largest absolute Gasteiger partial charge is 0.0620 e. The number of allylic oxidation sites excluding steroid dienone is 16. The predicted octanol–water partition coefficient (Wildman–Crippen LogP) is 11.7. The summed E-state index contributed by atoms with van der Waals surface area (Å²) in [5, 5.41) is 0. The molecule has 2 aromatic rings. The molecule has 0 radical (unpaired) electrons. The Bertz CT molecular complexity index is 1340. The molecule has 0 saturated heterocycles. The predicted molar refractivity (Wildman–Crippen MR) is 182 cm³/mol. The highest BCUT2D eigenvalue weighted by molar-refractivity contribution is 5.62. The summed E-state index contributed by atoms with van der Waals surface area (Å²) >= 11 is 0. The van der Waals surface area contributed by atoms with Crippen molar-refractivity contribution in [1.29, 1.82) is 0 Å². The number of benzene rings is 2. The Balaban J connectivity index is 1.91. The molecule has 0 unspecified atom stereocenters. The van der Waals surface area contributed by atoms with Crippen LogP contribution in [0.5, 0.6) is 0 Å². The molecule has 2 rings (SSSR count). The minimum atomic E-state index is 1.21. The molecule has 2 aromatic carbocycles. The lowest BCUT2D eigenvalue weighted by Crippen LogP contribution is -1.89. The summed E-state index contributed by atoms with van der Waals surface area (Å²) in [4.78, 5) is 0. The molecular formula is C40H48. The smallest absolute Gasteiger partial charge is 0.0195 e. The minimum absolute atomic E-state index is 1.21. The van der Waals surface area contributed by atoms with Gasteiger partial charge in [0.25, 0.3) is 0 Å². The van der Waals surface area contributed by atoms with E-state index >= 15 is 0 Å². The molecule has 0 heterocycles. The van der Waals surface area contributed by atoms with Crippen molar-refractivity contribution in [2.24, 2.45) is 0 Å². The van der Waals surface area contributed by atoms with Crippen molar-refractivity contribution in [2.75, 3.05) is 0 Å². The van der Waals surface area contributed by atoms with Crippen LogP contribution >= 0.6 is 0 Å². The molecule has 0 aromatic heterocycles. The van der Waals surface area contributed by atoms with Crippen LogP contribution in [0.4, 0.5) is 0 Å². The third-order valence-corrected chi connectivity index (χ3v) is 7.30. The van der Waals surface area contributed by atoms with Gasteiger partial charge < -0.3 is 0 Å². The van der Waals surface area contributed by atoms with Gasteiger partial charge in [-0.2, -0.15) is 0 Å². The van der Waals surface area contributed by atoms with Gasteiger partial charge in [-0.1, -0.05) is 132 Å². The Morgan fingerprint density at radius 1 is 0.400 bits per heavy atom. The zero-order chi connectivity index (χ0) is 29.7. The highest BCUT2D eigenvalue weighted by Gasteiger charge is 2.02. The van der Waals surface area contributed by atoms with E-state index < -0.39 is 0 Å². The summed E-state index contributed by atoms with van der Waals surface area (Å²) < 4.78 is 0. The third-order valence-electron chi connectivity index (χ3n) is 7.30. The van der Waals surface area contributed by atoms with E-state index in [-0.39, 0.29) is 0 Å². The van der Waals surface area contributed by atoms with Crippen LogP contribution in [0, 0.1) is 41.5 Å². The van der Waals surface area contributed by atoms with Gasteiger partial charge in [-0.3, -0.25) is 0 Å². The van der Waals surface area contributed by atoms with Crippen LogP contribution in [0.1, 0.15) is 72.2 Å². The third kappa shape index (κ3) is 10.7. The van der Waals surface area contributed by atoms with Crippen molar-refractivity contribution in [2.45, 2.75) is 69.2 Å². The first kappa shape index (κ1) is 32.3. The molecular weight excluding hydrogens is 480 g/mol. The van der Waals surface area contributed by atoms with E-state index in [9.17, 15) is 0 Å². The number of hydrogen-bond donors (Lipinski definition) is 0. The molecule has 0 aliphatic rings. The van der Waals surface area contributed by atoms with Gasteiger partial charge >= 0.3 is 0 Å². The zero-order valence-electron chi connectivity index (χ0n) is 26.4. The van der Waals surface area contributed by atoms with Crippen LogP contribution in [0.25, 0.3) is 12.2 Å². The topological polar surface area (TPSA) is 0 Å². The van der Waals surface area contributed by atoms with Gasteiger partial charge in [-0.25, -0.2) is 0 Å². The van der Waals surface area contributed by atoms with Crippen LogP contribution in [-0.2, 0) is 0 Å². The second-order valence-corrected chi connectivity index (χ2v) is 10.9. The van der Waals surface area contributed by atoms with Gasteiger partial charge in [0, 0.05) is 0 Å². The SMILES string of the molecule is CC(/C=C\c1c(C)ccc(C)c1C)=C\C=C\C(C)=C\C=C\C=C(C)\C=C\C=C(C)\C=C/c1c(C)ccc(C)c1C. The lowest BCUT2D eigenvalue weighted by molar-refractivity contribution is 1.28. The van der Waals surface area contributed by atoms with Gasteiger partial charge in [0.2, 0.25) is 0 Å². The number of aryl methyl sites for hydroxylation is 4. The maximum atomic E-state index is 2.23. The first-order chi connectivity index (χ1) is 19.0. The molecule has 0 N–H and O–H groups in total. The fraction of sp³-hybridized carbons (Fsp3) is 0.250. The van der Waals surface area contributed by atoms with E-state index in [0.717, 1.165) is 0 Å². The molecule has 0 aliphatic heterocycles. The molecule has 0 atom stereocenters. The maximum Gasteiger partial charge on any atom is -0.0195 e. The Morgan fingerprint density at radius 3 is 1.07 bits per heavy atom. The van der Waals surface area contributed by atoms with E-state index in [1.54, 1.807) is 0 Å². The number of rotatable bonds is 10. The van der Waals surface area contributed by atoms with Crippen LogP contribution in [-0.4, -0.2) is 0 Å². The lowest BCUT2D eigenvalue weighted by Gasteiger charge is -2.08.